The smallest absolute Gasteiger partial charge is 0.414 e. The van der Waals surface area contributed by atoms with Crippen LogP contribution in [0.3, 0.4) is 0 Å². The molecule has 0 bridgehead atoms. The highest BCUT2D eigenvalue weighted by Crippen LogP contribution is 2.55. The SMILES string of the molecule is C=C1[C@H](COC2CCCCO2)[C@@H](C(C)(C)C)C[C@@]1(O[Si](C)C)n1cnc2c(Cl)nc(NC(=O)OC(C)(C)C)nc21. The predicted molar refractivity (Wildman–Crippen MR) is 156 cm³/mol. The molecule has 2 aromatic rings. The van der Waals surface area contributed by atoms with E-state index in [-0.39, 0.29) is 34.6 Å². The molecule has 0 spiro atoms. The lowest BCUT2D eigenvalue weighted by molar-refractivity contribution is -0.170. The van der Waals surface area contributed by atoms with Crippen LogP contribution in [0.25, 0.3) is 11.2 Å². The Morgan fingerprint density at radius 2 is 1.98 bits per heavy atom. The first-order chi connectivity index (χ1) is 18.6. The third-order valence-corrected chi connectivity index (χ3v) is 8.38. The molecule has 1 unspecified atom stereocenters. The number of imidazole rings is 1. The molecule has 10 nitrogen and oxygen atoms in total. The summed E-state index contributed by atoms with van der Waals surface area (Å²) in [5.74, 6) is 0.229. The van der Waals surface area contributed by atoms with Crippen LogP contribution >= 0.6 is 11.6 Å². The third kappa shape index (κ3) is 6.70. The number of aromatic nitrogens is 4. The van der Waals surface area contributed by atoms with Crippen LogP contribution in [0.15, 0.2) is 18.5 Å². The van der Waals surface area contributed by atoms with Crippen LogP contribution in [0, 0.1) is 17.3 Å². The van der Waals surface area contributed by atoms with E-state index in [9.17, 15) is 4.79 Å². The molecule has 1 N–H and O–H groups in total. The third-order valence-electron chi connectivity index (χ3n) is 7.37. The lowest BCUT2D eigenvalue weighted by Gasteiger charge is -2.36. The van der Waals surface area contributed by atoms with Gasteiger partial charge in [0.05, 0.1) is 12.9 Å². The van der Waals surface area contributed by atoms with Crippen molar-refractivity contribution >= 4 is 43.8 Å². The fourth-order valence-electron chi connectivity index (χ4n) is 5.61. The summed E-state index contributed by atoms with van der Waals surface area (Å²) in [5, 5.41) is 2.72. The van der Waals surface area contributed by atoms with Crippen molar-refractivity contribution < 1.29 is 23.4 Å². The number of hydrogen-bond acceptors (Lipinski definition) is 8. The molecule has 0 aromatic carbocycles. The summed E-state index contributed by atoms with van der Waals surface area (Å²) >= 11 is 6.54. The molecule has 1 saturated carbocycles. The lowest BCUT2D eigenvalue weighted by Crippen LogP contribution is -2.40. The Morgan fingerprint density at radius 1 is 1.25 bits per heavy atom. The van der Waals surface area contributed by atoms with Crippen molar-refractivity contribution in [2.24, 2.45) is 17.3 Å². The van der Waals surface area contributed by atoms with Gasteiger partial charge in [0.15, 0.2) is 22.8 Å². The molecule has 2 aromatic heterocycles. The molecule has 1 radical (unpaired) electrons. The average molecular weight is 593 g/mol. The van der Waals surface area contributed by atoms with Crippen LogP contribution in [-0.4, -0.2) is 59.8 Å². The van der Waals surface area contributed by atoms with Gasteiger partial charge >= 0.3 is 6.09 Å². The highest BCUT2D eigenvalue weighted by atomic mass is 35.5. The number of halogens is 1. The van der Waals surface area contributed by atoms with Gasteiger partial charge < -0.3 is 18.6 Å². The predicted octanol–water partition coefficient (Wildman–Crippen LogP) is 6.53. The van der Waals surface area contributed by atoms with Crippen molar-refractivity contribution in [1.82, 2.24) is 19.5 Å². The van der Waals surface area contributed by atoms with Crippen LogP contribution in [0.5, 0.6) is 0 Å². The monoisotopic (exact) mass is 592 g/mol. The van der Waals surface area contributed by atoms with Gasteiger partial charge in [-0.2, -0.15) is 9.97 Å². The maximum atomic E-state index is 12.5. The fraction of sp³-hybridized carbons (Fsp3) is 0.714. The molecule has 1 amide bonds. The van der Waals surface area contributed by atoms with E-state index in [1.807, 2.05) is 4.57 Å². The molecule has 1 aliphatic carbocycles. The minimum atomic E-state index is -1.23. The first-order valence-corrected chi connectivity index (χ1v) is 16.7. The van der Waals surface area contributed by atoms with Crippen molar-refractivity contribution in [1.29, 1.82) is 0 Å². The van der Waals surface area contributed by atoms with Crippen LogP contribution in [0.2, 0.25) is 18.2 Å². The molecule has 3 heterocycles. The van der Waals surface area contributed by atoms with Crippen molar-refractivity contribution in [3.8, 4) is 0 Å². The Labute approximate surface area is 243 Å². The Bertz CT molecular complexity index is 1230. The number of carbonyl (C=O) groups excluding carboxylic acids is 1. The van der Waals surface area contributed by atoms with Crippen LogP contribution in [0.4, 0.5) is 10.7 Å². The van der Waals surface area contributed by atoms with E-state index in [0.717, 1.165) is 31.4 Å². The highest BCUT2D eigenvalue weighted by Gasteiger charge is 2.55. The minimum absolute atomic E-state index is 0.0148. The zero-order valence-electron chi connectivity index (χ0n) is 25.0. The van der Waals surface area contributed by atoms with Crippen molar-refractivity contribution in [2.45, 2.75) is 97.9 Å². The lowest BCUT2D eigenvalue weighted by atomic mass is 9.74. The van der Waals surface area contributed by atoms with Gasteiger partial charge in [-0.1, -0.05) is 39.0 Å². The Kier molecular flexibility index (Phi) is 9.02. The van der Waals surface area contributed by atoms with Crippen LogP contribution in [0.1, 0.15) is 67.2 Å². The largest absolute Gasteiger partial charge is 0.444 e. The van der Waals surface area contributed by atoms with Crippen molar-refractivity contribution in [3.63, 3.8) is 0 Å². The zero-order chi connectivity index (χ0) is 29.5. The van der Waals surface area contributed by atoms with E-state index in [1.54, 1.807) is 27.1 Å². The van der Waals surface area contributed by atoms with E-state index < -0.39 is 26.5 Å². The molecule has 4 atom stereocenters. The normalized spacial score (nSPS) is 26.1. The van der Waals surface area contributed by atoms with Crippen molar-refractivity contribution in [3.05, 3.63) is 23.6 Å². The number of nitrogens with one attached hydrogen (secondary N) is 1. The molecular formula is C28H43ClN5O5Si. The molecule has 40 heavy (non-hydrogen) atoms. The Hall–Kier alpha value is -2.05. The number of ether oxygens (including phenoxy) is 3. The number of hydrogen-bond donors (Lipinski definition) is 1. The van der Waals surface area contributed by atoms with Gasteiger partial charge in [0.1, 0.15) is 11.1 Å². The molecular weight excluding hydrogens is 550 g/mol. The van der Waals surface area contributed by atoms with Gasteiger partial charge in [-0.15, -0.1) is 0 Å². The summed E-state index contributed by atoms with van der Waals surface area (Å²) in [6.07, 6.45) is 4.54. The molecule has 4 rings (SSSR count). The van der Waals surface area contributed by atoms with Gasteiger partial charge in [0.2, 0.25) is 15.0 Å². The first kappa shape index (κ1) is 30.9. The summed E-state index contributed by atoms with van der Waals surface area (Å²) in [6.45, 7) is 22.1. The summed E-state index contributed by atoms with van der Waals surface area (Å²) in [6, 6.07) is 0. The number of rotatable bonds is 7. The van der Waals surface area contributed by atoms with E-state index in [0.29, 0.717) is 24.2 Å². The second kappa shape index (κ2) is 11.7. The topological polar surface area (TPSA) is 110 Å². The Balaban J connectivity index is 1.75. The second-order valence-electron chi connectivity index (χ2n) is 13.0. The van der Waals surface area contributed by atoms with Gasteiger partial charge in [-0.25, -0.2) is 9.78 Å². The van der Waals surface area contributed by atoms with E-state index in [1.165, 1.54) is 0 Å². The second-order valence-corrected chi connectivity index (χ2v) is 15.4. The van der Waals surface area contributed by atoms with E-state index >= 15 is 0 Å². The number of fused-ring (bicyclic) bond motifs is 1. The number of anilines is 1. The molecule has 1 saturated heterocycles. The number of nitrogens with zero attached hydrogens (tertiary/aromatic N) is 4. The summed E-state index contributed by atoms with van der Waals surface area (Å²) in [4.78, 5) is 25.9. The summed E-state index contributed by atoms with van der Waals surface area (Å²) in [7, 11) is -1.23. The van der Waals surface area contributed by atoms with Gasteiger partial charge in [0, 0.05) is 18.9 Å². The maximum absolute atomic E-state index is 12.5. The summed E-state index contributed by atoms with van der Waals surface area (Å²) < 4.78 is 26.3. The maximum Gasteiger partial charge on any atom is 0.414 e. The number of amides is 1. The minimum Gasteiger partial charge on any atom is -0.444 e. The molecule has 1 aliphatic heterocycles. The zero-order valence-corrected chi connectivity index (χ0v) is 26.7. The van der Waals surface area contributed by atoms with Gasteiger partial charge in [-0.05, 0) is 70.0 Å². The highest BCUT2D eigenvalue weighted by molar-refractivity contribution is 6.48. The quantitative estimate of drug-likeness (QED) is 0.219. The summed E-state index contributed by atoms with van der Waals surface area (Å²) in [5.41, 5.74) is 0.103. The molecule has 221 valence electrons. The molecule has 2 aliphatic rings. The van der Waals surface area contributed by atoms with Crippen molar-refractivity contribution in [2.75, 3.05) is 18.5 Å². The average Bonchev–Trinajstić information content (AvgIpc) is 3.37. The molecule has 2 fully saturated rings. The van der Waals surface area contributed by atoms with Gasteiger partial charge in [0.25, 0.3) is 0 Å². The van der Waals surface area contributed by atoms with Gasteiger partial charge in [-0.3, -0.25) is 9.88 Å². The van der Waals surface area contributed by atoms with Crippen LogP contribution < -0.4 is 5.32 Å². The molecule has 12 heteroatoms. The number of carbonyl (C=O) groups is 1. The van der Waals surface area contributed by atoms with E-state index in [4.69, 9.17) is 30.2 Å². The Morgan fingerprint density at radius 3 is 2.58 bits per heavy atom. The van der Waals surface area contributed by atoms with Crippen LogP contribution in [-0.2, 0) is 24.4 Å². The standard InChI is InChI=1S/C28H43ClN5O5Si/c1-17-18(15-37-20-12-10-11-13-36-20)19(26(2,3)4)14-28(17,39-40(8)9)34-16-30-21-22(29)31-24(32-23(21)34)33-25(35)38-27(5,6)7/h16,18-20H,1,10-15H2,2-9H3,(H,31,32,33,35)/t18-,19-,20?,28-/m0/s1. The first-order valence-electron chi connectivity index (χ1n) is 13.9. The fourth-order valence-corrected chi connectivity index (χ4v) is 6.81. The van der Waals surface area contributed by atoms with E-state index in [2.05, 4.69) is 60.7 Å².